The molecule has 0 heterocycles. The van der Waals surface area contributed by atoms with Gasteiger partial charge in [0, 0.05) is 10.2 Å². The molecule has 0 aromatic heterocycles. The van der Waals surface area contributed by atoms with Crippen LogP contribution in [0.5, 0.6) is 0 Å². The Balaban J connectivity index is 2.85. The third kappa shape index (κ3) is 2.35. The van der Waals surface area contributed by atoms with Gasteiger partial charge in [-0.25, -0.2) is 0 Å². The van der Waals surface area contributed by atoms with E-state index in [1.807, 2.05) is 0 Å². The first-order chi connectivity index (χ1) is 5.34. The molecule has 0 saturated carbocycles. The lowest BCUT2D eigenvalue weighted by molar-refractivity contribution is 1.23. The maximum atomic E-state index is 2.31. The average Bonchev–Trinajstić information content (AvgIpc) is 2.07. The topological polar surface area (TPSA) is 0 Å². The lowest BCUT2D eigenvalue weighted by atomic mass is 10.2. The number of hydrogen-bond acceptors (Lipinski definition) is 0. The molecule has 11 heavy (non-hydrogen) atoms. The fourth-order valence-corrected chi connectivity index (χ4v) is 1.87. The van der Waals surface area contributed by atoms with E-state index in [2.05, 4.69) is 43.3 Å². The van der Waals surface area contributed by atoms with Crippen LogP contribution in [0.15, 0.2) is 36.4 Å². The molecule has 0 N–H and O–H groups in total. The highest BCUT2D eigenvalue weighted by Crippen LogP contribution is 2.09. The van der Waals surface area contributed by atoms with Crippen molar-refractivity contribution in [2.24, 2.45) is 0 Å². The van der Waals surface area contributed by atoms with Crippen LogP contribution >= 0.6 is 0 Å². The summed E-state index contributed by atoms with van der Waals surface area (Å²) in [7, 11) is 1.15. The molecule has 0 amide bonds. The standard InChI is InChI=1S/C10H14Si/c1-2-6-10(11)9-7-4-3-5-8-9/h3-8H,2H2,1,11H3. The summed E-state index contributed by atoms with van der Waals surface area (Å²) >= 11 is 0. The molecule has 0 atom stereocenters. The minimum atomic E-state index is 1.15. The minimum Gasteiger partial charge on any atom is -0.0860 e. The molecule has 0 radical (unpaired) electrons. The van der Waals surface area contributed by atoms with Crippen LogP contribution in [-0.2, 0) is 0 Å². The first kappa shape index (κ1) is 8.28. The molecule has 0 nitrogen and oxygen atoms in total. The third-order valence-electron chi connectivity index (χ3n) is 1.74. The highest BCUT2D eigenvalue weighted by atomic mass is 28.1. The zero-order valence-electron chi connectivity index (χ0n) is 7.17. The van der Waals surface area contributed by atoms with Crippen molar-refractivity contribution in [3.63, 3.8) is 0 Å². The predicted octanol–water partition coefficient (Wildman–Crippen LogP) is 1.80. The van der Waals surface area contributed by atoms with Crippen molar-refractivity contribution < 1.29 is 0 Å². The van der Waals surface area contributed by atoms with E-state index in [0.29, 0.717) is 0 Å². The second-order valence-corrected chi connectivity index (χ2v) is 3.74. The molecule has 1 heteroatoms. The van der Waals surface area contributed by atoms with Crippen LogP contribution in [0, 0.1) is 0 Å². The largest absolute Gasteiger partial charge is 0.0860 e. The van der Waals surface area contributed by atoms with Gasteiger partial charge in [0.15, 0.2) is 0 Å². The van der Waals surface area contributed by atoms with E-state index >= 15 is 0 Å². The van der Waals surface area contributed by atoms with Crippen molar-refractivity contribution in [3.8, 4) is 0 Å². The van der Waals surface area contributed by atoms with Gasteiger partial charge >= 0.3 is 0 Å². The van der Waals surface area contributed by atoms with Gasteiger partial charge < -0.3 is 0 Å². The van der Waals surface area contributed by atoms with Gasteiger partial charge in [-0.2, -0.15) is 0 Å². The van der Waals surface area contributed by atoms with Gasteiger partial charge in [0.25, 0.3) is 0 Å². The Morgan fingerprint density at radius 2 is 2.00 bits per heavy atom. The normalized spacial score (nSPS) is 11.9. The van der Waals surface area contributed by atoms with Crippen LogP contribution in [0.1, 0.15) is 18.9 Å². The van der Waals surface area contributed by atoms with Crippen LogP contribution in [-0.4, -0.2) is 10.2 Å². The molecule has 0 fully saturated rings. The molecule has 1 rings (SSSR count). The van der Waals surface area contributed by atoms with Crippen molar-refractivity contribution in [1.29, 1.82) is 0 Å². The molecular formula is C10H14Si. The molecule has 0 aliphatic rings. The van der Waals surface area contributed by atoms with Crippen LogP contribution < -0.4 is 0 Å². The van der Waals surface area contributed by atoms with Crippen molar-refractivity contribution in [1.82, 2.24) is 0 Å². The number of rotatable bonds is 2. The molecule has 1 aromatic carbocycles. The Kier molecular flexibility index (Phi) is 3.11. The number of allylic oxidation sites excluding steroid dienone is 1. The molecule has 0 aliphatic heterocycles. The Labute approximate surface area is 71.4 Å². The molecule has 0 spiro atoms. The zero-order chi connectivity index (χ0) is 8.10. The Bertz CT molecular complexity index is 236. The fraction of sp³-hybridized carbons (Fsp3) is 0.200. The summed E-state index contributed by atoms with van der Waals surface area (Å²) in [6, 6.07) is 10.6. The fourth-order valence-electron chi connectivity index (χ4n) is 1.13. The van der Waals surface area contributed by atoms with Gasteiger partial charge in [0.1, 0.15) is 0 Å². The second-order valence-electron chi connectivity index (χ2n) is 2.66. The second kappa shape index (κ2) is 4.14. The molecule has 1 aromatic rings. The first-order valence-corrected chi connectivity index (χ1v) is 5.06. The van der Waals surface area contributed by atoms with Gasteiger partial charge in [0.05, 0.1) is 0 Å². The van der Waals surface area contributed by atoms with Crippen molar-refractivity contribution in [2.75, 3.05) is 0 Å². The summed E-state index contributed by atoms with van der Waals surface area (Å²) in [5, 5.41) is 1.51. The Morgan fingerprint density at radius 3 is 2.55 bits per heavy atom. The zero-order valence-corrected chi connectivity index (χ0v) is 9.17. The van der Waals surface area contributed by atoms with Crippen LogP contribution in [0.4, 0.5) is 0 Å². The highest BCUT2D eigenvalue weighted by Gasteiger charge is 1.90. The van der Waals surface area contributed by atoms with Crippen molar-refractivity contribution in [3.05, 3.63) is 42.0 Å². The summed E-state index contributed by atoms with van der Waals surface area (Å²) in [6.45, 7) is 2.18. The molecule has 0 aliphatic carbocycles. The maximum absolute atomic E-state index is 2.31. The number of benzene rings is 1. The van der Waals surface area contributed by atoms with E-state index in [9.17, 15) is 0 Å². The molecule has 58 valence electrons. The van der Waals surface area contributed by atoms with Crippen molar-refractivity contribution in [2.45, 2.75) is 13.3 Å². The van der Waals surface area contributed by atoms with E-state index in [0.717, 1.165) is 16.7 Å². The monoisotopic (exact) mass is 162 g/mol. The summed E-state index contributed by atoms with van der Waals surface area (Å²) in [5.74, 6) is 0. The number of hydrogen-bond donors (Lipinski definition) is 0. The van der Waals surface area contributed by atoms with E-state index < -0.39 is 0 Å². The summed E-state index contributed by atoms with van der Waals surface area (Å²) < 4.78 is 0. The van der Waals surface area contributed by atoms with Crippen LogP contribution in [0.2, 0.25) is 0 Å². The lowest BCUT2D eigenvalue weighted by Gasteiger charge is -1.98. The van der Waals surface area contributed by atoms with E-state index in [1.165, 1.54) is 10.8 Å². The molecule has 0 saturated heterocycles. The molecular weight excluding hydrogens is 148 g/mol. The summed E-state index contributed by atoms with van der Waals surface area (Å²) in [6.07, 6.45) is 3.45. The van der Waals surface area contributed by atoms with Gasteiger partial charge in [-0.05, 0) is 12.0 Å². The first-order valence-electron chi connectivity index (χ1n) is 4.06. The highest BCUT2D eigenvalue weighted by molar-refractivity contribution is 6.42. The Hall–Kier alpha value is -0.823. The Morgan fingerprint density at radius 1 is 1.36 bits per heavy atom. The lowest BCUT2D eigenvalue weighted by Crippen LogP contribution is -1.81. The van der Waals surface area contributed by atoms with Gasteiger partial charge in [-0.1, -0.05) is 48.5 Å². The summed E-state index contributed by atoms with van der Waals surface area (Å²) in [4.78, 5) is 0. The van der Waals surface area contributed by atoms with Crippen LogP contribution in [0.25, 0.3) is 5.20 Å². The minimum absolute atomic E-state index is 1.15. The molecule has 0 unspecified atom stereocenters. The SMILES string of the molecule is CCC=C([SiH3])c1ccccc1. The van der Waals surface area contributed by atoms with Gasteiger partial charge in [-0.15, -0.1) is 0 Å². The van der Waals surface area contributed by atoms with Gasteiger partial charge in [0.2, 0.25) is 0 Å². The smallest absolute Gasteiger partial charge is 0.0388 e. The quantitative estimate of drug-likeness (QED) is 0.582. The van der Waals surface area contributed by atoms with E-state index in [-0.39, 0.29) is 0 Å². The van der Waals surface area contributed by atoms with Crippen molar-refractivity contribution >= 4 is 15.4 Å². The predicted molar refractivity (Wildman–Crippen MR) is 54.6 cm³/mol. The van der Waals surface area contributed by atoms with Crippen LogP contribution in [0.3, 0.4) is 0 Å². The van der Waals surface area contributed by atoms with Gasteiger partial charge in [-0.3, -0.25) is 0 Å². The summed E-state index contributed by atoms with van der Waals surface area (Å²) in [5.41, 5.74) is 1.39. The molecule has 0 bridgehead atoms. The van der Waals surface area contributed by atoms with E-state index in [4.69, 9.17) is 0 Å². The maximum Gasteiger partial charge on any atom is 0.0388 e. The average molecular weight is 162 g/mol. The third-order valence-corrected chi connectivity index (χ3v) is 2.73. The van der Waals surface area contributed by atoms with E-state index in [1.54, 1.807) is 0 Å².